The molecule has 120 valence electrons. The first kappa shape index (κ1) is 16.6. The minimum absolute atomic E-state index is 0.0926. The van der Waals surface area contributed by atoms with Crippen LogP contribution < -0.4 is 4.90 Å². The average Bonchev–Trinajstić information content (AvgIpc) is 2.54. The van der Waals surface area contributed by atoms with Gasteiger partial charge in [0.2, 0.25) is 0 Å². The third-order valence-electron chi connectivity index (χ3n) is 4.10. The molecule has 5 heteroatoms. The van der Waals surface area contributed by atoms with Crippen LogP contribution in [-0.4, -0.2) is 37.0 Å². The third-order valence-corrected chi connectivity index (χ3v) is 5.22. The zero-order valence-corrected chi connectivity index (χ0v) is 15.8. The van der Waals surface area contributed by atoms with Crippen LogP contribution in [0.15, 0.2) is 42.5 Å². The van der Waals surface area contributed by atoms with Crippen LogP contribution in [0, 0.1) is 10.5 Å². The van der Waals surface area contributed by atoms with Crippen LogP contribution in [0.25, 0.3) is 0 Å². The summed E-state index contributed by atoms with van der Waals surface area (Å²) < 4.78 is 0.904. The molecule has 1 heterocycles. The van der Waals surface area contributed by atoms with Gasteiger partial charge in [0.1, 0.15) is 0 Å². The average molecular weight is 441 g/mol. The molecule has 3 nitrogen and oxygen atoms in total. The Morgan fingerprint density at radius 3 is 2.48 bits per heavy atom. The van der Waals surface area contributed by atoms with Crippen molar-refractivity contribution < 1.29 is 4.79 Å². The summed E-state index contributed by atoms with van der Waals surface area (Å²) in [6.45, 7) is 5.31. The maximum atomic E-state index is 12.7. The van der Waals surface area contributed by atoms with Gasteiger partial charge < -0.3 is 9.80 Å². The highest BCUT2D eigenvalue weighted by molar-refractivity contribution is 14.1. The number of benzene rings is 2. The number of carbonyl (C=O) groups is 1. The van der Waals surface area contributed by atoms with Gasteiger partial charge in [-0.3, -0.25) is 4.79 Å². The summed E-state index contributed by atoms with van der Waals surface area (Å²) in [6, 6.07) is 13.9. The monoisotopic (exact) mass is 440 g/mol. The van der Waals surface area contributed by atoms with Crippen molar-refractivity contribution in [2.75, 3.05) is 31.1 Å². The van der Waals surface area contributed by atoms with Crippen LogP contribution >= 0.6 is 34.2 Å². The normalized spacial score (nSPS) is 14.9. The summed E-state index contributed by atoms with van der Waals surface area (Å²) in [5, 5.41) is 0.662. The summed E-state index contributed by atoms with van der Waals surface area (Å²) in [5.74, 6) is 0.0926. The van der Waals surface area contributed by atoms with Gasteiger partial charge in [-0.2, -0.15) is 0 Å². The lowest BCUT2D eigenvalue weighted by Crippen LogP contribution is -2.49. The minimum Gasteiger partial charge on any atom is -0.368 e. The number of nitrogens with zero attached hydrogens (tertiary/aromatic N) is 2. The van der Waals surface area contributed by atoms with E-state index >= 15 is 0 Å². The van der Waals surface area contributed by atoms with E-state index in [1.807, 2.05) is 17.0 Å². The van der Waals surface area contributed by atoms with Crippen LogP contribution in [0.4, 0.5) is 5.69 Å². The Balaban J connectivity index is 1.68. The minimum atomic E-state index is 0.0926. The largest absolute Gasteiger partial charge is 0.368 e. The quantitative estimate of drug-likeness (QED) is 0.653. The van der Waals surface area contributed by atoms with Crippen LogP contribution in [-0.2, 0) is 0 Å². The van der Waals surface area contributed by atoms with E-state index < -0.39 is 0 Å². The molecule has 1 aliphatic heterocycles. The topological polar surface area (TPSA) is 23.6 Å². The van der Waals surface area contributed by atoms with E-state index in [0.717, 1.165) is 35.3 Å². The lowest BCUT2D eigenvalue weighted by atomic mass is 10.1. The zero-order chi connectivity index (χ0) is 16.4. The maximum absolute atomic E-state index is 12.7. The number of amides is 1. The number of halogens is 2. The molecule has 1 aliphatic rings. The predicted molar refractivity (Wildman–Crippen MR) is 103 cm³/mol. The van der Waals surface area contributed by atoms with Crippen molar-refractivity contribution >= 4 is 45.8 Å². The highest BCUT2D eigenvalue weighted by Crippen LogP contribution is 2.22. The lowest BCUT2D eigenvalue weighted by molar-refractivity contribution is 0.0745. The van der Waals surface area contributed by atoms with Gasteiger partial charge in [0, 0.05) is 40.5 Å². The summed E-state index contributed by atoms with van der Waals surface area (Å²) in [6.07, 6.45) is 0. The van der Waals surface area contributed by atoms with E-state index in [4.69, 9.17) is 11.6 Å². The fraction of sp³-hybridized carbons (Fsp3) is 0.278. The Kier molecular flexibility index (Phi) is 5.11. The first-order chi connectivity index (χ1) is 11.0. The number of hydrogen-bond acceptors (Lipinski definition) is 2. The molecule has 0 spiro atoms. The summed E-state index contributed by atoms with van der Waals surface area (Å²) in [7, 11) is 0. The molecule has 0 bridgehead atoms. The first-order valence-electron chi connectivity index (χ1n) is 7.60. The number of carbonyl (C=O) groups excluding carboxylic acids is 1. The van der Waals surface area contributed by atoms with E-state index in [0.29, 0.717) is 5.02 Å². The molecule has 2 aromatic carbocycles. The molecule has 1 saturated heterocycles. The number of anilines is 1. The second kappa shape index (κ2) is 7.09. The van der Waals surface area contributed by atoms with Crippen molar-refractivity contribution in [3.05, 3.63) is 62.2 Å². The Morgan fingerprint density at radius 2 is 1.83 bits per heavy atom. The molecule has 2 aromatic rings. The van der Waals surface area contributed by atoms with E-state index in [9.17, 15) is 4.79 Å². The van der Waals surface area contributed by atoms with Gasteiger partial charge in [-0.1, -0.05) is 23.7 Å². The Bertz CT molecular complexity index is 727. The molecular formula is C18H18ClIN2O. The molecule has 0 radical (unpaired) electrons. The zero-order valence-electron chi connectivity index (χ0n) is 12.9. The maximum Gasteiger partial charge on any atom is 0.255 e. The van der Waals surface area contributed by atoms with Crippen molar-refractivity contribution in [3.63, 3.8) is 0 Å². The molecule has 1 fully saturated rings. The van der Waals surface area contributed by atoms with E-state index in [-0.39, 0.29) is 5.91 Å². The van der Waals surface area contributed by atoms with Crippen LogP contribution in [0.5, 0.6) is 0 Å². The van der Waals surface area contributed by atoms with Gasteiger partial charge in [0.15, 0.2) is 0 Å². The molecular weight excluding hydrogens is 423 g/mol. The lowest BCUT2D eigenvalue weighted by Gasteiger charge is -2.36. The molecule has 3 rings (SSSR count). The molecule has 23 heavy (non-hydrogen) atoms. The molecule has 0 atom stereocenters. The summed E-state index contributed by atoms with van der Waals surface area (Å²) in [5.41, 5.74) is 3.23. The number of rotatable bonds is 2. The smallest absolute Gasteiger partial charge is 0.255 e. The summed E-state index contributed by atoms with van der Waals surface area (Å²) >= 11 is 8.14. The fourth-order valence-corrected chi connectivity index (χ4v) is 3.93. The second-order valence-corrected chi connectivity index (χ2v) is 7.34. The van der Waals surface area contributed by atoms with Gasteiger partial charge in [-0.05, 0) is 65.4 Å². The highest BCUT2D eigenvalue weighted by atomic mass is 127. The van der Waals surface area contributed by atoms with E-state index in [2.05, 4.69) is 58.7 Å². The number of piperazine rings is 1. The van der Waals surface area contributed by atoms with Gasteiger partial charge in [0.05, 0.1) is 5.56 Å². The molecule has 0 unspecified atom stereocenters. The standard InChI is InChI=1S/C18H18ClIN2O/c1-13-3-2-4-15(11-13)21-7-9-22(10-8-21)18(23)16-6-5-14(19)12-17(16)20/h2-6,11-12H,7-10H2,1H3. The van der Waals surface area contributed by atoms with Crippen molar-refractivity contribution in [2.24, 2.45) is 0 Å². The predicted octanol–water partition coefficient (Wildman–Crippen LogP) is 4.22. The van der Waals surface area contributed by atoms with Gasteiger partial charge in [0.25, 0.3) is 5.91 Å². The Hall–Kier alpha value is -1.27. The Labute approximate surface area is 155 Å². The molecule has 0 aliphatic carbocycles. The number of aryl methyl sites for hydroxylation is 1. The molecule has 0 N–H and O–H groups in total. The van der Waals surface area contributed by atoms with Crippen LogP contribution in [0.1, 0.15) is 15.9 Å². The fourth-order valence-electron chi connectivity index (χ4n) is 2.83. The third kappa shape index (κ3) is 3.80. The van der Waals surface area contributed by atoms with Crippen molar-refractivity contribution in [1.29, 1.82) is 0 Å². The van der Waals surface area contributed by atoms with Gasteiger partial charge in [-0.25, -0.2) is 0 Å². The van der Waals surface area contributed by atoms with Gasteiger partial charge >= 0.3 is 0 Å². The Morgan fingerprint density at radius 1 is 1.09 bits per heavy atom. The molecule has 0 saturated carbocycles. The van der Waals surface area contributed by atoms with Crippen molar-refractivity contribution in [1.82, 2.24) is 4.90 Å². The highest BCUT2D eigenvalue weighted by Gasteiger charge is 2.23. The van der Waals surface area contributed by atoms with Gasteiger partial charge in [-0.15, -0.1) is 0 Å². The van der Waals surface area contributed by atoms with Crippen LogP contribution in [0.3, 0.4) is 0 Å². The van der Waals surface area contributed by atoms with E-state index in [1.165, 1.54) is 11.3 Å². The van der Waals surface area contributed by atoms with Crippen LogP contribution in [0.2, 0.25) is 5.02 Å². The summed E-state index contributed by atoms with van der Waals surface area (Å²) in [4.78, 5) is 17.0. The second-order valence-electron chi connectivity index (χ2n) is 5.74. The van der Waals surface area contributed by atoms with E-state index in [1.54, 1.807) is 6.07 Å². The number of hydrogen-bond donors (Lipinski definition) is 0. The molecule has 0 aromatic heterocycles. The SMILES string of the molecule is Cc1cccc(N2CCN(C(=O)c3ccc(Cl)cc3I)CC2)c1. The van der Waals surface area contributed by atoms with Crippen molar-refractivity contribution in [3.8, 4) is 0 Å². The first-order valence-corrected chi connectivity index (χ1v) is 9.06. The van der Waals surface area contributed by atoms with Crippen molar-refractivity contribution in [2.45, 2.75) is 6.92 Å². The molecule has 1 amide bonds.